The highest BCUT2D eigenvalue weighted by Gasteiger charge is 2.87. The van der Waals surface area contributed by atoms with Crippen LogP contribution in [0.4, 0.5) is 0 Å². The maximum absolute atomic E-state index is 13.9. The number of ether oxygens (including phenoxy) is 6. The lowest BCUT2D eigenvalue weighted by atomic mass is 9.49. The van der Waals surface area contributed by atoms with Gasteiger partial charge in [-0.1, -0.05) is 42.8 Å². The summed E-state index contributed by atoms with van der Waals surface area (Å²) in [6, 6.07) is 6.79. The molecule has 8 unspecified atom stereocenters. The Morgan fingerprint density at radius 2 is 1.76 bits per heavy atom. The van der Waals surface area contributed by atoms with Crippen LogP contribution in [0.15, 0.2) is 40.4 Å². The van der Waals surface area contributed by atoms with E-state index in [0.717, 1.165) is 10.0 Å². The van der Waals surface area contributed by atoms with Crippen LogP contribution in [0, 0.1) is 22.7 Å². The van der Waals surface area contributed by atoms with Gasteiger partial charge in [-0.3, -0.25) is 19.2 Å². The summed E-state index contributed by atoms with van der Waals surface area (Å²) in [4.78, 5) is 52.4. The van der Waals surface area contributed by atoms with Gasteiger partial charge in [-0.25, -0.2) is 0 Å². The molecule has 2 aliphatic heterocycles. The number of epoxide rings is 1. The molecule has 42 heavy (non-hydrogen) atoms. The number of fused-ring (bicyclic) bond motifs is 2. The summed E-state index contributed by atoms with van der Waals surface area (Å²) in [5, 5.41) is 0. The standard InChI is InChI=1S/C31H37BrO10/c1-16(2)11-23(34)41-21-13-30(14-24(35)37-6)22(12-17(21)3)42-27-25(28(36)40-20-9-7-19(32)8-10-20)26(39-18(4)33)29(30,5)31(27)15-38-31/h7-10,12,16,21-22,25-27H,11,13-15H2,1-6H3. The van der Waals surface area contributed by atoms with Crippen LogP contribution in [0.3, 0.4) is 0 Å². The van der Waals surface area contributed by atoms with E-state index in [1.165, 1.54) is 14.0 Å². The zero-order chi connectivity index (χ0) is 30.6. The highest BCUT2D eigenvalue weighted by Crippen LogP contribution is 2.74. The molecule has 10 nitrogen and oxygen atoms in total. The second-order valence-corrected chi connectivity index (χ2v) is 13.3. The fourth-order valence-electron chi connectivity index (χ4n) is 7.40. The number of rotatable bonds is 8. The number of carbonyl (C=O) groups is 4. The van der Waals surface area contributed by atoms with E-state index in [0.29, 0.717) is 5.75 Å². The molecule has 0 N–H and O–H groups in total. The molecule has 228 valence electrons. The molecule has 5 rings (SSSR count). The van der Waals surface area contributed by atoms with Crippen LogP contribution in [-0.4, -0.2) is 67.6 Å². The molecular formula is C31H37BrO10. The van der Waals surface area contributed by atoms with Crippen LogP contribution < -0.4 is 4.74 Å². The second kappa shape index (κ2) is 11.1. The second-order valence-electron chi connectivity index (χ2n) is 12.4. The van der Waals surface area contributed by atoms with Crippen molar-refractivity contribution in [2.45, 2.75) is 83.9 Å². The zero-order valence-electron chi connectivity index (χ0n) is 24.6. The zero-order valence-corrected chi connectivity index (χ0v) is 26.2. The average molecular weight is 650 g/mol. The lowest BCUT2D eigenvalue weighted by Gasteiger charge is -2.59. The summed E-state index contributed by atoms with van der Waals surface area (Å²) in [5.74, 6) is -2.75. The van der Waals surface area contributed by atoms with Crippen LogP contribution in [0.25, 0.3) is 0 Å². The summed E-state index contributed by atoms with van der Waals surface area (Å²) in [6.07, 6.45) is -1.13. The van der Waals surface area contributed by atoms with Crippen molar-refractivity contribution in [2.24, 2.45) is 22.7 Å². The summed E-state index contributed by atoms with van der Waals surface area (Å²) in [7, 11) is 1.30. The van der Waals surface area contributed by atoms with Crippen molar-refractivity contribution in [2.75, 3.05) is 13.7 Å². The molecule has 2 heterocycles. The topological polar surface area (TPSA) is 127 Å². The van der Waals surface area contributed by atoms with Crippen LogP contribution >= 0.6 is 15.9 Å². The Balaban J connectivity index is 1.61. The third kappa shape index (κ3) is 4.87. The molecule has 0 aromatic heterocycles. The van der Waals surface area contributed by atoms with Crippen molar-refractivity contribution < 1.29 is 47.6 Å². The summed E-state index contributed by atoms with van der Waals surface area (Å²) in [5.41, 5.74) is -2.53. The fourth-order valence-corrected chi connectivity index (χ4v) is 7.66. The first kappa shape index (κ1) is 30.7. The number of benzene rings is 1. The Morgan fingerprint density at radius 1 is 1.10 bits per heavy atom. The van der Waals surface area contributed by atoms with Crippen LogP contribution in [0.5, 0.6) is 5.75 Å². The normalized spacial score (nSPS) is 36.1. The third-order valence-corrected chi connectivity index (χ3v) is 10.0. The Hall–Kier alpha value is -2.76. The van der Waals surface area contributed by atoms with E-state index in [4.69, 9.17) is 28.4 Å². The number of hydrogen-bond acceptors (Lipinski definition) is 10. The van der Waals surface area contributed by atoms with Gasteiger partial charge in [-0.05, 0) is 49.1 Å². The van der Waals surface area contributed by atoms with E-state index < -0.39 is 64.7 Å². The SMILES string of the molecule is COC(=O)CC12CC(OC(=O)CC(C)C)C(C)=CC1OC1C(C(=O)Oc3ccc(Br)cc3)C(OC(C)=O)C2(C)C12CO2. The molecule has 8 atom stereocenters. The van der Waals surface area contributed by atoms with Gasteiger partial charge in [0.1, 0.15) is 35.6 Å². The van der Waals surface area contributed by atoms with E-state index >= 15 is 0 Å². The molecule has 2 aliphatic carbocycles. The van der Waals surface area contributed by atoms with E-state index in [2.05, 4.69) is 15.9 Å². The minimum atomic E-state index is -1.13. The van der Waals surface area contributed by atoms with Gasteiger partial charge in [0.2, 0.25) is 0 Å². The average Bonchev–Trinajstić information content (AvgIpc) is 3.69. The largest absolute Gasteiger partial charge is 0.469 e. The van der Waals surface area contributed by atoms with Gasteiger partial charge >= 0.3 is 23.9 Å². The van der Waals surface area contributed by atoms with Crippen molar-refractivity contribution >= 4 is 39.8 Å². The van der Waals surface area contributed by atoms with Crippen molar-refractivity contribution in [1.29, 1.82) is 0 Å². The number of carbonyl (C=O) groups excluding carboxylic acids is 4. The van der Waals surface area contributed by atoms with Gasteiger partial charge in [-0.15, -0.1) is 0 Å². The van der Waals surface area contributed by atoms with Crippen molar-refractivity contribution in [1.82, 2.24) is 0 Å². The molecule has 1 saturated carbocycles. The molecule has 1 aromatic rings. The minimum Gasteiger partial charge on any atom is -0.469 e. The molecule has 3 fully saturated rings. The van der Waals surface area contributed by atoms with E-state index in [9.17, 15) is 19.2 Å². The first-order chi connectivity index (χ1) is 19.8. The van der Waals surface area contributed by atoms with Gasteiger partial charge in [0.25, 0.3) is 0 Å². The predicted molar refractivity (Wildman–Crippen MR) is 151 cm³/mol. The Kier molecular flexibility index (Phi) is 8.08. The van der Waals surface area contributed by atoms with E-state index in [1.807, 2.05) is 33.8 Å². The molecule has 2 saturated heterocycles. The number of halogens is 1. The molecule has 4 aliphatic rings. The lowest BCUT2D eigenvalue weighted by Crippen LogP contribution is -2.67. The molecule has 1 spiro atoms. The Bertz CT molecular complexity index is 1300. The summed E-state index contributed by atoms with van der Waals surface area (Å²) in [6.45, 7) is 9.09. The van der Waals surface area contributed by atoms with Crippen molar-refractivity contribution in [3.8, 4) is 5.75 Å². The van der Waals surface area contributed by atoms with Gasteiger partial charge < -0.3 is 28.4 Å². The van der Waals surface area contributed by atoms with Crippen LogP contribution in [0.2, 0.25) is 0 Å². The highest BCUT2D eigenvalue weighted by molar-refractivity contribution is 9.10. The first-order valence-electron chi connectivity index (χ1n) is 14.2. The molecule has 2 bridgehead atoms. The smallest absolute Gasteiger partial charge is 0.320 e. The van der Waals surface area contributed by atoms with Gasteiger partial charge in [0.05, 0.1) is 26.2 Å². The van der Waals surface area contributed by atoms with E-state index in [-0.39, 0.29) is 37.8 Å². The number of methoxy groups -OCH3 is 1. The third-order valence-electron chi connectivity index (χ3n) is 9.49. The monoisotopic (exact) mass is 648 g/mol. The van der Waals surface area contributed by atoms with Crippen molar-refractivity contribution in [3.63, 3.8) is 0 Å². The highest BCUT2D eigenvalue weighted by atomic mass is 79.9. The molecular weight excluding hydrogens is 612 g/mol. The summed E-state index contributed by atoms with van der Waals surface area (Å²) < 4.78 is 36.6. The minimum absolute atomic E-state index is 0.0993. The molecule has 11 heteroatoms. The Labute approximate surface area is 253 Å². The first-order valence-corrected chi connectivity index (χ1v) is 15.0. The molecule has 0 radical (unpaired) electrons. The maximum atomic E-state index is 13.9. The van der Waals surface area contributed by atoms with Crippen LogP contribution in [0.1, 0.15) is 53.9 Å². The Morgan fingerprint density at radius 3 is 2.33 bits per heavy atom. The van der Waals surface area contributed by atoms with E-state index in [1.54, 1.807) is 24.3 Å². The van der Waals surface area contributed by atoms with Crippen molar-refractivity contribution in [3.05, 3.63) is 40.4 Å². The molecule has 0 amide bonds. The summed E-state index contributed by atoms with van der Waals surface area (Å²) >= 11 is 3.37. The van der Waals surface area contributed by atoms with Gasteiger partial charge in [-0.2, -0.15) is 0 Å². The quantitative estimate of drug-likeness (QED) is 0.132. The lowest BCUT2D eigenvalue weighted by molar-refractivity contribution is -0.230. The number of esters is 4. The van der Waals surface area contributed by atoms with Gasteiger partial charge in [0, 0.05) is 28.6 Å². The maximum Gasteiger partial charge on any atom is 0.320 e. The van der Waals surface area contributed by atoms with Gasteiger partial charge in [0.15, 0.2) is 0 Å². The number of hydrogen-bond donors (Lipinski definition) is 0. The predicted octanol–water partition coefficient (Wildman–Crippen LogP) is 4.32. The molecule has 1 aromatic carbocycles. The fraction of sp³-hybridized carbons (Fsp3) is 0.613. The van der Waals surface area contributed by atoms with Crippen LogP contribution in [-0.2, 0) is 42.9 Å².